The number of aryl methyl sites for hydroxylation is 2. The second-order valence-corrected chi connectivity index (χ2v) is 5.43. The molecular weight excluding hydrogens is 266 g/mol. The molecule has 0 aliphatic carbocycles. The van der Waals surface area contributed by atoms with E-state index in [1.54, 1.807) is 0 Å². The molecule has 112 valence electrons. The van der Waals surface area contributed by atoms with E-state index in [1.165, 1.54) is 11.3 Å². The van der Waals surface area contributed by atoms with Crippen LogP contribution in [0.5, 0.6) is 0 Å². The average molecular weight is 287 g/mol. The lowest BCUT2D eigenvalue weighted by Gasteiger charge is -2.18. The van der Waals surface area contributed by atoms with E-state index in [0.29, 0.717) is 6.54 Å². The Balaban J connectivity index is 1.83. The van der Waals surface area contributed by atoms with Crippen molar-refractivity contribution < 1.29 is 5.11 Å². The van der Waals surface area contributed by atoms with Crippen LogP contribution in [0, 0.1) is 6.92 Å². The molecule has 0 atom stereocenters. The van der Waals surface area contributed by atoms with Crippen molar-refractivity contribution in [2.24, 2.45) is 0 Å². The molecule has 21 heavy (non-hydrogen) atoms. The molecule has 6 nitrogen and oxygen atoms in total. The van der Waals surface area contributed by atoms with Crippen LogP contribution in [-0.2, 0) is 26.1 Å². The van der Waals surface area contributed by atoms with Gasteiger partial charge in [-0.3, -0.25) is 4.68 Å². The summed E-state index contributed by atoms with van der Waals surface area (Å²) in [5, 5.41) is 13.4. The Morgan fingerprint density at radius 3 is 2.90 bits per heavy atom. The summed E-state index contributed by atoms with van der Waals surface area (Å²) in [6, 6.07) is 2.09. The zero-order chi connectivity index (χ0) is 14.8. The predicted molar refractivity (Wildman–Crippen MR) is 80.0 cm³/mol. The summed E-state index contributed by atoms with van der Waals surface area (Å²) in [4.78, 5) is 11.3. The maximum absolute atomic E-state index is 9.09. The molecule has 0 unspecified atom stereocenters. The van der Waals surface area contributed by atoms with Gasteiger partial charge < -0.3 is 10.0 Å². The predicted octanol–water partition coefficient (Wildman–Crippen LogP) is 1.45. The normalized spacial score (nSPS) is 13.8. The molecule has 1 aliphatic rings. The highest BCUT2D eigenvalue weighted by molar-refractivity contribution is 5.45. The van der Waals surface area contributed by atoms with Crippen LogP contribution in [0.15, 0.2) is 12.3 Å². The van der Waals surface area contributed by atoms with Crippen LogP contribution in [0.4, 0.5) is 5.82 Å². The summed E-state index contributed by atoms with van der Waals surface area (Å²) in [7, 11) is 0. The minimum Gasteiger partial charge on any atom is -0.394 e. The lowest BCUT2D eigenvalue weighted by atomic mass is 10.2. The van der Waals surface area contributed by atoms with Gasteiger partial charge in [-0.05, 0) is 13.3 Å². The Morgan fingerprint density at radius 1 is 1.29 bits per heavy atom. The molecule has 0 amide bonds. The monoisotopic (exact) mass is 287 g/mol. The third-order valence-electron chi connectivity index (χ3n) is 3.76. The lowest BCUT2D eigenvalue weighted by molar-refractivity contribution is 0.267. The highest BCUT2D eigenvalue weighted by Gasteiger charge is 2.24. The van der Waals surface area contributed by atoms with Crippen LogP contribution in [0.1, 0.15) is 36.1 Å². The van der Waals surface area contributed by atoms with E-state index < -0.39 is 0 Å². The van der Waals surface area contributed by atoms with Gasteiger partial charge >= 0.3 is 0 Å². The van der Waals surface area contributed by atoms with Crippen molar-refractivity contribution in [2.75, 3.05) is 11.5 Å². The minimum absolute atomic E-state index is 0.112. The van der Waals surface area contributed by atoms with Gasteiger partial charge in [-0.2, -0.15) is 5.10 Å². The number of anilines is 1. The third-order valence-corrected chi connectivity index (χ3v) is 3.76. The number of aliphatic hydroxyl groups excluding tert-OH is 1. The van der Waals surface area contributed by atoms with Gasteiger partial charge in [0.1, 0.15) is 11.6 Å². The van der Waals surface area contributed by atoms with Crippen LogP contribution in [-0.4, -0.2) is 31.5 Å². The molecule has 3 rings (SSSR count). The third kappa shape index (κ3) is 2.76. The van der Waals surface area contributed by atoms with E-state index in [4.69, 9.17) is 5.11 Å². The first-order valence-electron chi connectivity index (χ1n) is 7.45. The molecule has 1 N–H and O–H groups in total. The van der Waals surface area contributed by atoms with Crippen LogP contribution in [0.25, 0.3) is 0 Å². The molecule has 0 aromatic carbocycles. The van der Waals surface area contributed by atoms with Gasteiger partial charge in [-0.15, -0.1) is 0 Å². The standard InChI is InChI=1S/C15H21N5O/c1-3-4-13-7-15(18-11(2)17-13)19-9-12-8-16-20(5-6-21)14(12)10-19/h7-8,21H,3-6,9-10H2,1-2H3. The summed E-state index contributed by atoms with van der Waals surface area (Å²) >= 11 is 0. The number of aromatic nitrogens is 4. The second-order valence-electron chi connectivity index (χ2n) is 5.43. The van der Waals surface area contributed by atoms with Crippen molar-refractivity contribution in [1.82, 2.24) is 19.7 Å². The topological polar surface area (TPSA) is 67.1 Å². The highest BCUT2D eigenvalue weighted by atomic mass is 16.3. The molecule has 0 saturated heterocycles. The van der Waals surface area contributed by atoms with Crippen molar-refractivity contribution in [1.29, 1.82) is 0 Å². The molecule has 0 saturated carbocycles. The molecule has 6 heteroatoms. The number of fused-ring (bicyclic) bond motifs is 1. The zero-order valence-electron chi connectivity index (χ0n) is 12.6. The van der Waals surface area contributed by atoms with Crippen molar-refractivity contribution in [3.8, 4) is 0 Å². The molecular formula is C15H21N5O. The SMILES string of the molecule is CCCc1cc(N2Cc3cnn(CCO)c3C2)nc(C)n1. The van der Waals surface area contributed by atoms with Crippen LogP contribution < -0.4 is 4.90 Å². The highest BCUT2D eigenvalue weighted by Crippen LogP contribution is 2.27. The minimum atomic E-state index is 0.112. The second kappa shape index (κ2) is 5.81. The fourth-order valence-electron chi connectivity index (χ4n) is 2.81. The number of nitrogens with zero attached hydrogens (tertiary/aromatic N) is 5. The number of rotatable bonds is 5. The quantitative estimate of drug-likeness (QED) is 0.901. The van der Waals surface area contributed by atoms with Gasteiger partial charge in [-0.1, -0.05) is 13.3 Å². The van der Waals surface area contributed by atoms with Gasteiger partial charge in [0.25, 0.3) is 0 Å². The summed E-state index contributed by atoms with van der Waals surface area (Å²) in [5.41, 5.74) is 3.50. The molecule has 2 aromatic heterocycles. The molecule has 0 radical (unpaired) electrons. The van der Waals surface area contributed by atoms with Crippen molar-refractivity contribution in [3.05, 3.63) is 35.0 Å². The Kier molecular flexibility index (Phi) is 3.88. The summed E-state index contributed by atoms with van der Waals surface area (Å²) in [5.74, 6) is 1.81. The summed E-state index contributed by atoms with van der Waals surface area (Å²) in [6.45, 7) is 6.38. The van der Waals surface area contributed by atoms with Crippen LogP contribution in [0.3, 0.4) is 0 Å². The van der Waals surface area contributed by atoms with E-state index in [2.05, 4.69) is 33.0 Å². The Morgan fingerprint density at radius 2 is 2.14 bits per heavy atom. The first-order chi connectivity index (χ1) is 10.2. The first kappa shape index (κ1) is 14.0. The van der Waals surface area contributed by atoms with Gasteiger partial charge in [0.2, 0.25) is 0 Å². The van der Waals surface area contributed by atoms with Gasteiger partial charge in [0.15, 0.2) is 0 Å². The first-order valence-corrected chi connectivity index (χ1v) is 7.45. The Hall–Kier alpha value is -1.95. The molecule has 0 bridgehead atoms. The van der Waals surface area contributed by atoms with E-state index >= 15 is 0 Å². The maximum atomic E-state index is 9.09. The fourth-order valence-corrected chi connectivity index (χ4v) is 2.81. The Bertz CT molecular complexity index is 637. The van der Waals surface area contributed by atoms with Gasteiger partial charge in [0.05, 0.1) is 31.6 Å². The molecule has 0 spiro atoms. The summed E-state index contributed by atoms with van der Waals surface area (Å²) in [6.07, 6.45) is 3.96. The van der Waals surface area contributed by atoms with Gasteiger partial charge in [0, 0.05) is 23.9 Å². The van der Waals surface area contributed by atoms with Crippen molar-refractivity contribution in [2.45, 2.75) is 46.3 Å². The maximum Gasteiger partial charge on any atom is 0.133 e. The van der Waals surface area contributed by atoms with Crippen molar-refractivity contribution in [3.63, 3.8) is 0 Å². The summed E-state index contributed by atoms with van der Waals surface area (Å²) < 4.78 is 1.89. The molecule has 2 aromatic rings. The zero-order valence-corrected chi connectivity index (χ0v) is 12.6. The largest absolute Gasteiger partial charge is 0.394 e. The lowest BCUT2D eigenvalue weighted by Crippen LogP contribution is -2.19. The Labute approximate surface area is 124 Å². The van der Waals surface area contributed by atoms with Gasteiger partial charge in [-0.25, -0.2) is 9.97 Å². The van der Waals surface area contributed by atoms with E-state index in [-0.39, 0.29) is 6.61 Å². The van der Waals surface area contributed by atoms with Crippen LogP contribution >= 0.6 is 0 Å². The molecule has 3 heterocycles. The van der Waals surface area contributed by atoms with Crippen molar-refractivity contribution >= 4 is 5.82 Å². The number of hydrogen-bond donors (Lipinski definition) is 1. The van der Waals surface area contributed by atoms with Crippen LogP contribution in [0.2, 0.25) is 0 Å². The van der Waals surface area contributed by atoms with E-state index in [0.717, 1.165) is 43.3 Å². The number of aliphatic hydroxyl groups is 1. The van der Waals surface area contributed by atoms with E-state index in [1.807, 2.05) is 17.8 Å². The average Bonchev–Trinajstić information content (AvgIpc) is 3.01. The van der Waals surface area contributed by atoms with E-state index in [9.17, 15) is 0 Å². The number of hydrogen-bond acceptors (Lipinski definition) is 5. The fraction of sp³-hybridized carbons (Fsp3) is 0.533. The smallest absolute Gasteiger partial charge is 0.133 e. The molecule has 0 fully saturated rings. The molecule has 1 aliphatic heterocycles.